The van der Waals surface area contributed by atoms with Crippen molar-refractivity contribution in [1.29, 1.82) is 0 Å². The summed E-state index contributed by atoms with van der Waals surface area (Å²) in [5.74, 6) is 1.97. The maximum absolute atomic E-state index is 12.4. The van der Waals surface area contributed by atoms with Crippen LogP contribution in [0, 0.1) is 11.8 Å². The van der Waals surface area contributed by atoms with E-state index in [-0.39, 0.29) is 44.0 Å². The molecule has 0 heterocycles. The molecule has 0 amide bonds. The predicted octanol–water partition coefficient (Wildman–Crippen LogP) is 7.91. The second-order valence-electron chi connectivity index (χ2n) is 13.8. The Morgan fingerprint density at radius 1 is 0.660 bits per heavy atom. The van der Waals surface area contributed by atoms with E-state index in [1.807, 2.05) is 6.07 Å². The summed E-state index contributed by atoms with van der Waals surface area (Å²) < 4.78 is 27.7. The van der Waals surface area contributed by atoms with Gasteiger partial charge in [-0.05, 0) is 138 Å². The van der Waals surface area contributed by atoms with Crippen LogP contribution in [-0.4, -0.2) is 57.0 Å². The van der Waals surface area contributed by atoms with Crippen molar-refractivity contribution >= 4 is 17.9 Å². The number of benzene rings is 1. The second kappa shape index (κ2) is 17.7. The van der Waals surface area contributed by atoms with E-state index in [4.69, 9.17) is 23.7 Å². The lowest BCUT2D eigenvalue weighted by Gasteiger charge is -2.39. The Morgan fingerprint density at radius 3 is 1.74 bits per heavy atom. The number of methoxy groups -OCH3 is 1. The van der Waals surface area contributed by atoms with E-state index < -0.39 is 5.97 Å². The summed E-state index contributed by atoms with van der Waals surface area (Å²) in [5, 5.41) is 0. The first kappa shape index (κ1) is 36.4. The van der Waals surface area contributed by atoms with Gasteiger partial charge >= 0.3 is 17.9 Å². The first-order valence-electron chi connectivity index (χ1n) is 17.4. The van der Waals surface area contributed by atoms with Gasteiger partial charge in [-0.25, -0.2) is 14.4 Å². The van der Waals surface area contributed by atoms with E-state index in [2.05, 4.69) is 31.9 Å². The van der Waals surface area contributed by atoms with Crippen LogP contribution in [0.4, 0.5) is 0 Å². The first-order valence-corrected chi connectivity index (χ1v) is 17.4. The number of ether oxygens (including phenoxy) is 5. The molecule has 8 heteroatoms. The average molecular weight is 651 g/mol. The van der Waals surface area contributed by atoms with Gasteiger partial charge < -0.3 is 23.7 Å². The van der Waals surface area contributed by atoms with E-state index in [0.717, 1.165) is 70.0 Å². The van der Waals surface area contributed by atoms with E-state index in [1.54, 1.807) is 21.0 Å². The standard InChI is InChI=1S/C39H54O8/c1-25(2)37(40)45-22-21-44-34-19-20-35(30-13-17-33(18-14-30)47-39(42)27(5)24-43-6)36(23-34)31-9-7-28(8-10-31)29-11-15-32(16-12-29)46-38(41)26(3)4/h19-20,23,28-33H,1,3,5,7-18,21-22,24H2,2,4,6H3. The highest BCUT2D eigenvalue weighted by Crippen LogP contribution is 2.47. The fourth-order valence-electron chi connectivity index (χ4n) is 7.58. The molecule has 0 atom stereocenters. The van der Waals surface area contributed by atoms with Crippen LogP contribution in [-0.2, 0) is 33.3 Å². The molecule has 0 bridgehead atoms. The molecule has 0 unspecified atom stereocenters. The summed E-state index contributed by atoms with van der Waals surface area (Å²) >= 11 is 0. The topological polar surface area (TPSA) is 97.4 Å². The van der Waals surface area contributed by atoms with Crippen molar-refractivity contribution in [3.05, 3.63) is 65.8 Å². The molecule has 4 rings (SSSR count). The van der Waals surface area contributed by atoms with Crippen molar-refractivity contribution in [2.24, 2.45) is 11.8 Å². The third-order valence-corrected chi connectivity index (χ3v) is 10.2. The summed E-state index contributed by atoms with van der Waals surface area (Å²) in [4.78, 5) is 36.1. The number of rotatable bonds is 14. The molecule has 0 aliphatic heterocycles. The molecule has 8 nitrogen and oxygen atoms in total. The summed E-state index contributed by atoms with van der Waals surface area (Å²) in [7, 11) is 1.54. The highest BCUT2D eigenvalue weighted by atomic mass is 16.6. The van der Waals surface area contributed by atoms with Crippen LogP contribution in [0.25, 0.3) is 0 Å². The largest absolute Gasteiger partial charge is 0.490 e. The molecule has 3 saturated carbocycles. The van der Waals surface area contributed by atoms with Crippen LogP contribution in [0.2, 0.25) is 0 Å². The van der Waals surface area contributed by atoms with Gasteiger partial charge in [0.15, 0.2) is 0 Å². The molecule has 0 radical (unpaired) electrons. The Kier molecular flexibility index (Phi) is 13.7. The number of carbonyl (C=O) groups is 3. The van der Waals surface area contributed by atoms with Crippen LogP contribution < -0.4 is 4.74 Å². The second-order valence-corrected chi connectivity index (χ2v) is 13.8. The molecule has 258 valence electrons. The Labute approximate surface area is 280 Å². The lowest BCUT2D eigenvalue weighted by atomic mass is 9.68. The predicted molar refractivity (Wildman–Crippen MR) is 181 cm³/mol. The summed E-state index contributed by atoms with van der Waals surface area (Å²) in [5.41, 5.74) is 3.92. The van der Waals surface area contributed by atoms with Crippen molar-refractivity contribution in [3.63, 3.8) is 0 Å². The van der Waals surface area contributed by atoms with Crippen LogP contribution in [0.1, 0.15) is 114 Å². The molecule has 0 aromatic heterocycles. The minimum absolute atomic E-state index is 0.0178. The number of esters is 3. The maximum atomic E-state index is 12.4. The molecular weight excluding hydrogens is 596 g/mol. The van der Waals surface area contributed by atoms with Crippen molar-refractivity contribution in [1.82, 2.24) is 0 Å². The summed E-state index contributed by atoms with van der Waals surface area (Å²) in [6, 6.07) is 6.47. The summed E-state index contributed by atoms with van der Waals surface area (Å²) in [6.45, 7) is 15.1. The molecular formula is C39H54O8. The molecule has 3 fully saturated rings. The quantitative estimate of drug-likeness (QED) is 0.0868. The van der Waals surface area contributed by atoms with E-state index in [0.29, 0.717) is 40.4 Å². The zero-order valence-electron chi connectivity index (χ0n) is 28.7. The Balaban J connectivity index is 1.38. The zero-order valence-corrected chi connectivity index (χ0v) is 28.7. The third kappa shape index (κ3) is 10.6. The smallest absolute Gasteiger partial charge is 0.336 e. The fraction of sp³-hybridized carbons (Fsp3) is 0.615. The lowest BCUT2D eigenvalue weighted by molar-refractivity contribution is -0.147. The molecule has 3 aliphatic rings. The monoisotopic (exact) mass is 650 g/mol. The number of hydrogen-bond donors (Lipinski definition) is 0. The fourth-order valence-corrected chi connectivity index (χ4v) is 7.58. The van der Waals surface area contributed by atoms with Crippen LogP contribution in [0.5, 0.6) is 5.75 Å². The average Bonchev–Trinajstić information content (AvgIpc) is 3.07. The third-order valence-electron chi connectivity index (χ3n) is 10.2. The van der Waals surface area contributed by atoms with Crippen molar-refractivity contribution < 1.29 is 38.1 Å². The van der Waals surface area contributed by atoms with Gasteiger partial charge in [0, 0.05) is 18.3 Å². The SMILES string of the molecule is C=C(C)C(=O)OCCOc1ccc(C2CCC(OC(=O)C(=C)COC)CC2)c(C2CCC(C3CCC(OC(=O)C(=C)C)CC3)CC2)c1. The lowest BCUT2D eigenvalue weighted by Crippen LogP contribution is -2.30. The van der Waals surface area contributed by atoms with Gasteiger partial charge in [0.05, 0.1) is 12.2 Å². The molecule has 0 spiro atoms. The van der Waals surface area contributed by atoms with Gasteiger partial charge in [-0.3, -0.25) is 0 Å². The number of hydrogen-bond acceptors (Lipinski definition) is 8. The van der Waals surface area contributed by atoms with Crippen molar-refractivity contribution in [3.8, 4) is 5.75 Å². The molecule has 3 aliphatic carbocycles. The Bertz CT molecular complexity index is 1270. The van der Waals surface area contributed by atoms with Gasteiger partial charge in [0.1, 0.15) is 31.2 Å². The van der Waals surface area contributed by atoms with Gasteiger partial charge in [-0.2, -0.15) is 0 Å². The van der Waals surface area contributed by atoms with E-state index in [9.17, 15) is 14.4 Å². The first-order chi connectivity index (χ1) is 22.5. The number of carbonyl (C=O) groups excluding carboxylic acids is 3. The normalized spacial score (nSPS) is 26.0. The highest BCUT2D eigenvalue weighted by molar-refractivity contribution is 5.88. The van der Waals surface area contributed by atoms with Crippen molar-refractivity contribution in [2.45, 2.75) is 115 Å². The Morgan fingerprint density at radius 2 is 1.17 bits per heavy atom. The highest BCUT2D eigenvalue weighted by Gasteiger charge is 2.34. The van der Waals surface area contributed by atoms with E-state index >= 15 is 0 Å². The van der Waals surface area contributed by atoms with Crippen LogP contribution in [0.15, 0.2) is 54.7 Å². The zero-order chi connectivity index (χ0) is 33.9. The molecule has 1 aromatic carbocycles. The van der Waals surface area contributed by atoms with Gasteiger partial charge in [0.25, 0.3) is 0 Å². The van der Waals surface area contributed by atoms with Gasteiger partial charge in [-0.1, -0.05) is 25.8 Å². The maximum Gasteiger partial charge on any atom is 0.336 e. The van der Waals surface area contributed by atoms with Crippen LogP contribution >= 0.6 is 0 Å². The minimum Gasteiger partial charge on any atom is -0.490 e. The molecule has 47 heavy (non-hydrogen) atoms. The molecule has 0 N–H and O–H groups in total. The summed E-state index contributed by atoms with van der Waals surface area (Å²) in [6.07, 6.45) is 12.2. The van der Waals surface area contributed by atoms with Crippen LogP contribution in [0.3, 0.4) is 0 Å². The van der Waals surface area contributed by atoms with Gasteiger partial charge in [-0.15, -0.1) is 0 Å². The Hall–Kier alpha value is -3.39. The minimum atomic E-state index is -0.410. The van der Waals surface area contributed by atoms with E-state index in [1.165, 1.54) is 24.0 Å². The molecule has 1 aromatic rings. The van der Waals surface area contributed by atoms with Gasteiger partial charge in [0.2, 0.25) is 0 Å². The molecule has 0 saturated heterocycles. The van der Waals surface area contributed by atoms with Crippen molar-refractivity contribution in [2.75, 3.05) is 26.9 Å².